The Kier molecular flexibility index (Phi) is 4.26. The topological polar surface area (TPSA) is 29.1 Å². The third-order valence-corrected chi connectivity index (χ3v) is 1.98. The monoisotopic (exact) mass is 249 g/mol. The van der Waals surface area contributed by atoms with E-state index in [0.717, 1.165) is 0 Å². The van der Waals surface area contributed by atoms with Gasteiger partial charge in [-0.3, -0.25) is 4.79 Å². The first-order valence-corrected chi connectivity index (χ1v) is 4.81. The van der Waals surface area contributed by atoms with Crippen LogP contribution in [0.25, 0.3) is 0 Å². The third kappa shape index (κ3) is 3.22. The molecule has 0 aliphatic carbocycles. The molecule has 0 fully saturated rings. The number of carbonyl (C=O) groups is 1. The largest absolute Gasteiger partial charge is 0.326 e. The lowest BCUT2D eigenvalue weighted by molar-refractivity contribution is 0.0970. The van der Waals surface area contributed by atoms with Crippen LogP contribution in [0.4, 0.5) is 0 Å². The van der Waals surface area contributed by atoms with Crippen molar-refractivity contribution in [3.63, 3.8) is 0 Å². The number of amides is 1. The van der Waals surface area contributed by atoms with Gasteiger partial charge < -0.3 is 5.32 Å². The van der Waals surface area contributed by atoms with Crippen molar-refractivity contribution in [2.45, 2.75) is 0 Å². The molecular formula is C9H6Cl3NO. The van der Waals surface area contributed by atoms with E-state index in [1.165, 1.54) is 6.20 Å². The molecule has 0 aliphatic heterocycles. The molecule has 0 aliphatic rings. The van der Waals surface area contributed by atoms with Gasteiger partial charge in [-0.1, -0.05) is 46.9 Å². The summed E-state index contributed by atoms with van der Waals surface area (Å²) in [6, 6.07) is 6.69. The van der Waals surface area contributed by atoms with Gasteiger partial charge >= 0.3 is 0 Å². The Morgan fingerprint density at radius 1 is 1.29 bits per heavy atom. The minimum atomic E-state index is -0.352. The highest BCUT2D eigenvalue weighted by atomic mass is 35.5. The molecule has 1 aromatic rings. The van der Waals surface area contributed by atoms with E-state index in [9.17, 15) is 4.79 Å². The lowest BCUT2D eigenvalue weighted by Crippen LogP contribution is -2.17. The first kappa shape index (κ1) is 11.4. The van der Waals surface area contributed by atoms with E-state index in [2.05, 4.69) is 5.32 Å². The number of carbonyl (C=O) groups excluding carboxylic acids is 1. The van der Waals surface area contributed by atoms with E-state index in [-0.39, 0.29) is 10.4 Å². The van der Waals surface area contributed by atoms with Gasteiger partial charge in [0, 0.05) is 6.20 Å². The Balaban J connectivity index is 2.80. The lowest BCUT2D eigenvalue weighted by Gasteiger charge is -2.01. The number of hydrogen-bond acceptors (Lipinski definition) is 1. The summed E-state index contributed by atoms with van der Waals surface area (Å²) in [5, 5.41) is 2.77. The Hall–Kier alpha value is -0.700. The van der Waals surface area contributed by atoms with E-state index < -0.39 is 0 Å². The molecule has 0 saturated heterocycles. The van der Waals surface area contributed by atoms with E-state index in [1.54, 1.807) is 24.3 Å². The molecule has 14 heavy (non-hydrogen) atoms. The Bertz CT molecular complexity index is 372. The minimum absolute atomic E-state index is 0.0228. The summed E-state index contributed by atoms with van der Waals surface area (Å²) in [4.78, 5) is 11.4. The van der Waals surface area contributed by atoms with Gasteiger partial charge in [0.15, 0.2) is 0 Å². The quantitative estimate of drug-likeness (QED) is 0.857. The van der Waals surface area contributed by atoms with Crippen LogP contribution < -0.4 is 5.32 Å². The van der Waals surface area contributed by atoms with Crippen LogP contribution in [-0.2, 0) is 0 Å². The summed E-state index contributed by atoms with van der Waals surface area (Å²) >= 11 is 16.4. The van der Waals surface area contributed by atoms with Gasteiger partial charge in [-0.25, -0.2) is 0 Å². The highest BCUT2D eigenvalue weighted by molar-refractivity contribution is 6.55. The minimum Gasteiger partial charge on any atom is -0.326 e. The fraction of sp³-hybridized carbons (Fsp3) is 0. The van der Waals surface area contributed by atoms with E-state index >= 15 is 0 Å². The van der Waals surface area contributed by atoms with E-state index in [0.29, 0.717) is 10.6 Å². The van der Waals surface area contributed by atoms with Crippen LogP contribution in [0.2, 0.25) is 5.02 Å². The second-order valence-electron chi connectivity index (χ2n) is 2.39. The number of halogens is 3. The van der Waals surface area contributed by atoms with Crippen molar-refractivity contribution >= 4 is 40.7 Å². The van der Waals surface area contributed by atoms with Gasteiger partial charge in [-0.2, -0.15) is 0 Å². The maximum Gasteiger partial charge on any atom is 0.256 e. The first-order chi connectivity index (χ1) is 6.61. The summed E-state index contributed by atoms with van der Waals surface area (Å²) in [6.07, 6.45) is 1.19. The van der Waals surface area contributed by atoms with Crippen LogP contribution in [0.1, 0.15) is 10.4 Å². The molecule has 0 radical (unpaired) electrons. The summed E-state index contributed by atoms with van der Waals surface area (Å²) in [7, 11) is 0. The SMILES string of the molecule is O=C(NC=C(Cl)Cl)c1ccccc1Cl. The second-order valence-corrected chi connectivity index (χ2v) is 3.80. The van der Waals surface area contributed by atoms with Crippen molar-refractivity contribution in [1.29, 1.82) is 0 Å². The van der Waals surface area contributed by atoms with Gasteiger partial charge in [-0.05, 0) is 12.1 Å². The van der Waals surface area contributed by atoms with Crippen LogP contribution in [0.5, 0.6) is 0 Å². The van der Waals surface area contributed by atoms with Crippen molar-refractivity contribution in [1.82, 2.24) is 5.32 Å². The zero-order chi connectivity index (χ0) is 10.6. The van der Waals surface area contributed by atoms with Crippen molar-refractivity contribution in [3.05, 3.63) is 45.5 Å². The predicted molar refractivity (Wildman–Crippen MR) is 58.7 cm³/mol. The molecule has 0 unspecified atom stereocenters. The number of rotatable bonds is 2. The Morgan fingerprint density at radius 2 is 1.93 bits per heavy atom. The summed E-state index contributed by atoms with van der Waals surface area (Å²) in [5.41, 5.74) is 0.375. The second kappa shape index (κ2) is 5.25. The number of nitrogens with one attached hydrogen (secondary N) is 1. The van der Waals surface area contributed by atoms with E-state index in [4.69, 9.17) is 34.8 Å². The van der Waals surface area contributed by atoms with Crippen molar-refractivity contribution < 1.29 is 4.79 Å². The highest BCUT2D eigenvalue weighted by Crippen LogP contribution is 2.14. The predicted octanol–water partition coefficient (Wildman–Crippen LogP) is 3.35. The summed E-state index contributed by atoms with van der Waals surface area (Å²) in [6.45, 7) is 0. The van der Waals surface area contributed by atoms with E-state index in [1.807, 2.05) is 0 Å². The zero-order valence-corrected chi connectivity index (χ0v) is 9.20. The normalized spacial score (nSPS) is 9.36. The molecule has 1 N–H and O–H groups in total. The molecule has 74 valence electrons. The maximum absolute atomic E-state index is 11.4. The molecule has 0 bridgehead atoms. The Labute approximate surface area is 96.5 Å². The van der Waals surface area contributed by atoms with Gasteiger partial charge in [0.2, 0.25) is 0 Å². The molecular weight excluding hydrogens is 244 g/mol. The Morgan fingerprint density at radius 3 is 2.50 bits per heavy atom. The molecule has 0 atom stereocenters. The van der Waals surface area contributed by atoms with Gasteiger partial charge in [0.05, 0.1) is 10.6 Å². The molecule has 5 heteroatoms. The average Bonchev–Trinajstić information content (AvgIpc) is 2.15. The number of benzene rings is 1. The number of hydrogen-bond donors (Lipinski definition) is 1. The molecule has 1 aromatic carbocycles. The molecule has 2 nitrogen and oxygen atoms in total. The van der Waals surface area contributed by atoms with Crippen LogP contribution >= 0.6 is 34.8 Å². The summed E-state index contributed by atoms with van der Waals surface area (Å²) in [5.74, 6) is -0.352. The molecule has 1 amide bonds. The average molecular weight is 251 g/mol. The van der Waals surface area contributed by atoms with Crippen molar-refractivity contribution in [3.8, 4) is 0 Å². The van der Waals surface area contributed by atoms with Gasteiger partial charge in [0.1, 0.15) is 4.49 Å². The molecule has 0 spiro atoms. The van der Waals surface area contributed by atoms with Crippen LogP contribution in [0.15, 0.2) is 35.0 Å². The fourth-order valence-corrected chi connectivity index (χ4v) is 1.17. The standard InChI is InChI=1S/C9H6Cl3NO/c10-7-4-2-1-3-6(7)9(14)13-5-8(11)12/h1-5H,(H,13,14). The third-order valence-electron chi connectivity index (χ3n) is 1.43. The molecule has 0 saturated carbocycles. The van der Waals surface area contributed by atoms with Crippen LogP contribution in [0, 0.1) is 0 Å². The molecule has 0 heterocycles. The summed E-state index contributed by atoms with van der Waals surface area (Å²) < 4.78 is -0.0228. The lowest BCUT2D eigenvalue weighted by atomic mass is 10.2. The first-order valence-electron chi connectivity index (χ1n) is 3.68. The van der Waals surface area contributed by atoms with Crippen LogP contribution in [-0.4, -0.2) is 5.91 Å². The van der Waals surface area contributed by atoms with Gasteiger partial charge in [0.25, 0.3) is 5.91 Å². The zero-order valence-electron chi connectivity index (χ0n) is 6.93. The smallest absolute Gasteiger partial charge is 0.256 e. The van der Waals surface area contributed by atoms with Crippen molar-refractivity contribution in [2.24, 2.45) is 0 Å². The molecule has 1 rings (SSSR count). The molecule has 0 aromatic heterocycles. The van der Waals surface area contributed by atoms with Gasteiger partial charge in [-0.15, -0.1) is 0 Å². The fourth-order valence-electron chi connectivity index (χ4n) is 0.843. The van der Waals surface area contributed by atoms with Crippen molar-refractivity contribution in [2.75, 3.05) is 0 Å². The van der Waals surface area contributed by atoms with Crippen LogP contribution in [0.3, 0.4) is 0 Å². The highest BCUT2D eigenvalue weighted by Gasteiger charge is 2.07. The maximum atomic E-state index is 11.4.